The van der Waals surface area contributed by atoms with Gasteiger partial charge in [0.1, 0.15) is 0 Å². The molecule has 106 valence electrons. The molecule has 1 saturated carbocycles. The fourth-order valence-corrected chi connectivity index (χ4v) is 4.01. The number of hydrogen-bond acceptors (Lipinski definition) is 3. The van der Waals surface area contributed by atoms with Crippen molar-refractivity contribution in [1.29, 1.82) is 0 Å². The number of rotatable bonds is 7. The lowest BCUT2D eigenvalue weighted by Crippen LogP contribution is -2.24. The Morgan fingerprint density at radius 1 is 1.16 bits per heavy atom. The molecular formula is C16H26N2S. The Kier molecular flexibility index (Phi) is 6.72. The van der Waals surface area contributed by atoms with E-state index in [-0.39, 0.29) is 0 Å². The van der Waals surface area contributed by atoms with E-state index in [9.17, 15) is 0 Å². The second-order valence-electron chi connectivity index (χ2n) is 5.54. The van der Waals surface area contributed by atoms with E-state index in [1.54, 1.807) is 0 Å². The third-order valence-electron chi connectivity index (χ3n) is 3.91. The van der Waals surface area contributed by atoms with Gasteiger partial charge in [0.25, 0.3) is 0 Å². The molecule has 1 aromatic heterocycles. The summed E-state index contributed by atoms with van der Waals surface area (Å²) in [4.78, 5) is 6.51. The highest BCUT2D eigenvalue weighted by atomic mass is 32.2. The fourth-order valence-electron chi connectivity index (χ4n) is 2.59. The Labute approximate surface area is 122 Å². The largest absolute Gasteiger partial charge is 0.305 e. The van der Waals surface area contributed by atoms with Crippen LogP contribution >= 0.6 is 11.8 Å². The number of likely N-dealkylation sites (N-methyl/N-ethyl adjacent to an activating group) is 1. The second kappa shape index (κ2) is 8.60. The number of nitrogens with zero attached hydrogens (tertiary/aromatic N) is 2. The average molecular weight is 278 g/mol. The summed E-state index contributed by atoms with van der Waals surface area (Å²) in [5.74, 6) is 1.29. The van der Waals surface area contributed by atoms with Crippen molar-refractivity contribution in [3.8, 4) is 0 Å². The van der Waals surface area contributed by atoms with E-state index in [2.05, 4.69) is 40.8 Å². The summed E-state index contributed by atoms with van der Waals surface area (Å²) >= 11 is 2.20. The van der Waals surface area contributed by atoms with Gasteiger partial charge in [-0.1, -0.05) is 19.3 Å². The lowest BCUT2D eigenvalue weighted by molar-refractivity contribution is 0.360. The maximum absolute atomic E-state index is 4.06. The Hall–Kier alpha value is -0.540. The van der Waals surface area contributed by atoms with Gasteiger partial charge in [0, 0.05) is 36.5 Å². The Bertz CT molecular complexity index is 336. The molecule has 1 fully saturated rings. The zero-order valence-electron chi connectivity index (χ0n) is 12.1. The predicted octanol–water partition coefficient (Wildman–Crippen LogP) is 3.62. The molecule has 0 atom stereocenters. The molecule has 1 aliphatic carbocycles. The van der Waals surface area contributed by atoms with Crippen molar-refractivity contribution in [2.45, 2.75) is 43.8 Å². The summed E-state index contributed by atoms with van der Waals surface area (Å²) in [5.41, 5.74) is 1.39. The molecule has 0 N–H and O–H groups in total. The third-order valence-corrected chi connectivity index (χ3v) is 5.27. The summed E-state index contributed by atoms with van der Waals surface area (Å²) < 4.78 is 0. The molecule has 2 nitrogen and oxygen atoms in total. The molecule has 0 saturated heterocycles. The SMILES string of the molecule is CN(CCSC1CCCCC1)CCc1ccncc1. The molecule has 3 heteroatoms. The van der Waals surface area contributed by atoms with Crippen molar-refractivity contribution in [2.24, 2.45) is 0 Å². The molecule has 1 aliphatic rings. The number of thioether (sulfide) groups is 1. The first-order chi connectivity index (χ1) is 9.34. The van der Waals surface area contributed by atoms with Crippen LogP contribution in [-0.4, -0.2) is 41.0 Å². The first-order valence-corrected chi connectivity index (χ1v) is 8.58. The van der Waals surface area contributed by atoms with Crippen molar-refractivity contribution >= 4 is 11.8 Å². The number of hydrogen-bond donors (Lipinski definition) is 0. The Morgan fingerprint density at radius 3 is 2.63 bits per heavy atom. The van der Waals surface area contributed by atoms with Gasteiger partial charge in [0.05, 0.1) is 0 Å². The van der Waals surface area contributed by atoms with Gasteiger partial charge in [-0.3, -0.25) is 4.98 Å². The first kappa shape index (κ1) is 14.9. The minimum absolute atomic E-state index is 0.947. The van der Waals surface area contributed by atoms with E-state index in [4.69, 9.17) is 0 Å². The van der Waals surface area contributed by atoms with E-state index in [0.29, 0.717) is 0 Å². The molecule has 0 spiro atoms. The van der Waals surface area contributed by atoms with Gasteiger partial charge >= 0.3 is 0 Å². The number of aromatic nitrogens is 1. The lowest BCUT2D eigenvalue weighted by atomic mass is 10.0. The summed E-state index contributed by atoms with van der Waals surface area (Å²) in [6, 6.07) is 4.23. The Balaban J connectivity index is 1.55. The van der Waals surface area contributed by atoms with Crippen molar-refractivity contribution in [3.05, 3.63) is 30.1 Å². The van der Waals surface area contributed by atoms with Gasteiger partial charge in [0.15, 0.2) is 0 Å². The van der Waals surface area contributed by atoms with Gasteiger partial charge in [-0.15, -0.1) is 0 Å². The standard InChI is InChI=1S/C16H26N2S/c1-18(12-9-15-7-10-17-11-8-15)13-14-19-16-5-3-2-4-6-16/h7-8,10-11,16H,2-6,9,12-14H2,1H3. The molecule has 0 unspecified atom stereocenters. The Morgan fingerprint density at radius 2 is 1.89 bits per heavy atom. The van der Waals surface area contributed by atoms with Crippen LogP contribution in [0.25, 0.3) is 0 Å². The van der Waals surface area contributed by atoms with E-state index < -0.39 is 0 Å². The van der Waals surface area contributed by atoms with Crippen molar-refractivity contribution in [1.82, 2.24) is 9.88 Å². The second-order valence-corrected chi connectivity index (χ2v) is 6.95. The quantitative estimate of drug-likeness (QED) is 0.758. The van der Waals surface area contributed by atoms with Crippen LogP contribution in [0, 0.1) is 0 Å². The van der Waals surface area contributed by atoms with Crippen LogP contribution in [0.4, 0.5) is 0 Å². The maximum Gasteiger partial charge on any atom is 0.0270 e. The van der Waals surface area contributed by atoms with Crippen LogP contribution in [0.3, 0.4) is 0 Å². The molecule has 0 aliphatic heterocycles. The van der Waals surface area contributed by atoms with Gasteiger partial charge < -0.3 is 4.90 Å². The summed E-state index contributed by atoms with van der Waals surface area (Å²) in [6.07, 6.45) is 12.2. The van der Waals surface area contributed by atoms with Crippen LogP contribution in [-0.2, 0) is 6.42 Å². The van der Waals surface area contributed by atoms with E-state index >= 15 is 0 Å². The monoisotopic (exact) mass is 278 g/mol. The third kappa shape index (κ3) is 5.96. The van der Waals surface area contributed by atoms with Crippen LogP contribution in [0.1, 0.15) is 37.7 Å². The summed E-state index contributed by atoms with van der Waals surface area (Å²) in [7, 11) is 2.24. The minimum atomic E-state index is 0.947. The van der Waals surface area contributed by atoms with Gasteiger partial charge in [0.2, 0.25) is 0 Å². The molecule has 0 radical (unpaired) electrons. The maximum atomic E-state index is 4.06. The highest BCUT2D eigenvalue weighted by Crippen LogP contribution is 2.27. The molecule has 0 amide bonds. The van der Waals surface area contributed by atoms with Crippen LogP contribution < -0.4 is 0 Å². The normalized spacial score (nSPS) is 16.9. The molecular weight excluding hydrogens is 252 g/mol. The van der Waals surface area contributed by atoms with Gasteiger partial charge in [-0.25, -0.2) is 0 Å². The van der Waals surface area contributed by atoms with E-state index in [1.807, 2.05) is 12.4 Å². The zero-order chi connectivity index (χ0) is 13.3. The van der Waals surface area contributed by atoms with Crippen molar-refractivity contribution in [3.63, 3.8) is 0 Å². The highest BCUT2D eigenvalue weighted by Gasteiger charge is 2.13. The van der Waals surface area contributed by atoms with Crippen LogP contribution in [0.2, 0.25) is 0 Å². The first-order valence-electron chi connectivity index (χ1n) is 7.53. The predicted molar refractivity (Wildman–Crippen MR) is 84.8 cm³/mol. The van der Waals surface area contributed by atoms with Crippen molar-refractivity contribution in [2.75, 3.05) is 25.9 Å². The zero-order valence-corrected chi connectivity index (χ0v) is 12.9. The van der Waals surface area contributed by atoms with Crippen LogP contribution in [0.15, 0.2) is 24.5 Å². The molecule has 1 heterocycles. The molecule has 0 bridgehead atoms. The molecule has 2 rings (SSSR count). The van der Waals surface area contributed by atoms with Gasteiger partial charge in [-0.05, 0) is 44.0 Å². The summed E-state index contributed by atoms with van der Waals surface area (Å²) in [5, 5.41) is 0.947. The number of pyridine rings is 1. The average Bonchev–Trinajstić information content (AvgIpc) is 2.47. The van der Waals surface area contributed by atoms with Gasteiger partial charge in [-0.2, -0.15) is 11.8 Å². The van der Waals surface area contributed by atoms with Crippen LogP contribution in [0.5, 0.6) is 0 Å². The summed E-state index contributed by atoms with van der Waals surface area (Å²) in [6.45, 7) is 2.36. The van der Waals surface area contributed by atoms with E-state index in [0.717, 1.165) is 18.2 Å². The highest BCUT2D eigenvalue weighted by molar-refractivity contribution is 7.99. The molecule has 1 aromatic rings. The molecule has 0 aromatic carbocycles. The van der Waals surface area contributed by atoms with E-state index in [1.165, 1.54) is 50.0 Å². The smallest absolute Gasteiger partial charge is 0.0270 e. The van der Waals surface area contributed by atoms with Crippen molar-refractivity contribution < 1.29 is 0 Å². The minimum Gasteiger partial charge on any atom is -0.305 e. The lowest BCUT2D eigenvalue weighted by Gasteiger charge is -2.22. The molecule has 19 heavy (non-hydrogen) atoms. The topological polar surface area (TPSA) is 16.1 Å². The fraction of sp³-hybridized carbons (Fsp3) is 0.688.